The van der Waals surface area contributed by atoms with Gasteiger partial charge in [-0.25, -0.2) is 4.79 Å². The van der Waals surface area contributed by atoms with Crippen LogP contribution >= 0.6 is 0 Å². The number of aromatic carboxylic acids is 1. The Balaban J connectivity index is 1.71. The lowest BCUT2D eigenvalue weighted by atomic mass is 9.96. The maximum atomic E-state index is 11.3. The van der Waals surface area contributed by atoms with Crippen molar-refractivity contribution in [3.8, 4) is 5.75 Å². The van der Waals surface area contributed by atoms with Crippen LogP contribution in [0.5, 0.6) is 5.75 Å². The molecule has 1 aromatic heterocycles. The molecule has 0 spiro atoms. The molecular formula is C26H32N2O4. The number of hydrogen-bond donors (Lipinski definition) is 2. The third-order valence-electron chi connectivity index (χ3n) is 6.46. The summed E-state index contributed by atoms with van der Waals surface area (Å²) in [4.78, 5) is 17.2. The topological polar surface area (TPSA) is 74.8 Å². The molecule has 1 aliphatic rings. The van der Waals surface area contributed by atoms with Crippen molar-refractivity contribution in [3.05, 3.63) is 64.8 Å². The molecule has 4 rings (SSSR count). The molecule has 0 aliphatic carbocycles. The van der Waals surface area contributed by atoms with Crippen LogP contribution in [0.3, 0.4) is 0 Å². The summed E-state index contributed by atoms with van der Waals surface area (Å²) in [6, 6.07) is 11.7. The Morgan fingerprint density at radius 1 is 1.19 bits per heavy atom. The first-order valence-electron chi connectivity index (χ1n) is 11.4. The smallest absolute Gasteiger partial charge is 0.335 e. The third kappa shape index (κ3) is 4.81. The van der Waals surface area contributed by atoms with Crippen LogP contribution in [-0.4, -0.2) is 47.8 Å². The van der Waals surface area contributed by atoms with E-state index in [4.69, 9.17) is 9.47 Å². The second kappa shape index (κ2) is 10.2. The molecule has 1 saturated heterocycles. The van der Waals surface area contributed by atoms with E-state index in [0.29, 0.717) is 12.2 Å². The Morgan fingerprint density at radius 2 is 2.00 bits per heavy atom. The Labute approximate surface area is 189 Å². The molecule has 1 atom stereocenters. The summed E-state index contributed by atoms with van der Waals surface area (Å²) in [5.74, 6) is -0.000380. The highest BCUT2D eigenvalue weighted by Gasteiger charge is 2.24. The van der Waals surface area contributed by atoms with Gasteiger partial charge in [-0.3, -0.25) is 4.90 Å². The maximum Gasteiger partial charge on any atom is 0.335 e. The van der Waals surface area contributed by atoms with Gasteiger partial charge in [-0.15, -0.1) is 0 Å². The molecule has 1 unspecified atom stereocenters. The fourth-order valence-corrected chi connectivity index (χ4v) is 4.74. The predicted octanol–water partition coefficient (Wildman–Crippen LogP) is 5.32. The summed E-state index contributed by atoms with van der Waals surface area (Å²) < 4.78 is 11.7. The van der Waals surface area contributed by atoms with Crippen molar-refractivity contribution in [1.29, 1.82) is 0 Å². The molecule has 1 fully saturated rings. The van der Waals surface area contributed by atoms with Crippen molar-refractivity contribution in [2.24, 2.45) is 0 Å². The Bertz CT molecular complexity index is 1060. The minimum atomic E-state index is -0.896. The van der Waals surface area contributed by atoms with Gasteiger partial charge in [-0.05, 0) is 55.2 Å². The first-order chi connectivity index (χ1) is 15.6. The normalized spacial score (nSPS) is 18.5. The van der Waals surface area contributed by atoms with E-state index in [1.807, 2.05) is 18.3 Å². The van der Waals surface area contributed by atoms with Gasteiger partial charge < -0.3 is 19.6 Å². The number of aromatic nitrogens is 1. The number of nitrogens with zero attached hydrogens (tertiary/aromatic N) is 1. The molecular weight excluding hydrogens is 404 g/mol. The number of fused-ring (bicyclic) bond motifs is 1. The summed E-state index contributed by atoms with van der Waals surface area (Å²) in [6.07, 6.45) is 6.33. The van der Waals surface area contributed by atoms with Crippen LogP contribution < -0.4 is 4.74 Å². The van der Waals surface area contributed by atoms with Gasteiger partial charge in [0, 0.05) is 48.4 Å². The lowest BCUT2D eigenvalue weighted by Crippen LogP contribution is -2.32. The fraction of sp³-hybridized carbons (Fsp3) is 0.423. The molecule has 0 radical (unpaired) electrons. The average molecular weight is 437 g/mol. The largest absolute Gasteiger partial charge is 0.496 e. The number of carbonyl (C=O) groups is 1. The van der Waals surface area contributed by atoms with Gasteiger partial charge in [0.1, 0.15) is 5.75 Å². The quantitative estimate of drug-likeness (QED) is 0.566. The second-order valence-corrected chi connectivity index (χ2v) is 8.52. The molecule has 0 bridgehead atoms. The molecule has 1 aliphatic heterocycles. The van der Waals surface area contributed by atoms with Gasteiger partial charge in [0.2, 0.25) is 0 Å². The minimum Gasteiger partial charge on any atom is -0.496 e. The number of methoxy groups -OCH3 is 1. The summed E-state index contributed by atoms with van der Waals surface area (Å²) in [6.45, 7) is 5.10. The van der Waals surface area contributed by atoms with E-state index in [-0.39, 0.29) is 6.04 Å². The molecule has 170 valence electrons. The number of benzene rings is 2. The Kier molecular flexibility index (Phi) is 7.12. The van der Waals surface area contributed by atoms with Gasteiger partial charge in [0.05, 0.1) is 19.3 Å². The van der Waals surface area contributed by atoms with E-state index in [9.17, 15) is 9.90 Å². The van der Waals surface area contributed by atoms with Gasteiger partial charge in [-0.2, -0.15) is 0 Å². The number of rotatable bonds is 5. The zero-order valence-electron chi connectivity index (χ0n) is 18.9. The van der Waals surface area contributed by atoms with Gasteiger partial charge in [0.15, 0.2) is 0 Å². The first kappa shape index (κ1) is 22.4. The number of aryl methyl sites for hydroxylation is 1. The molecule has 32 heavy (non-hydrogen) atoms. The molecule has 2 N–H and O–H groups in total. The van der Waals surface area contributed by atoms with E-state index < -0.39 is 5.97 Å². The fourth-order valence-electron chi connectivity index (χ4n) is 4.74. The highest BCUT2D eigenvalue weighted by molar-refractivity contribution is 5.88. The SMILES string of the molecule is COc1cc(C)c2[nH]ccc2c1CN1CCOCCCCCC1c1ccc(C(=O)O)cc1. The Morgan fingerprint density at radius 3 is 2.75 bits per heavy atom. The lowest BCUT2D eigenvalue weighted by molar-refractivity contribution is 0.0689. The van der Waals surface area contributed by atoms with E-state index in [1.54, 1.807) is 19.2 Å². The van der Waals surface area contributed by atoms with Crippen molar-refractivity contribution < 1.29 is 19.4 Å². The number of aromatic amines is 1. The highest BCUT2D eigenvalue weighted by atomic mass is 16.5. The summed E-state index contributed by atoms with van der Waals surface area (Å²) in [5, 5.41) is 10.5. The average Bonchev–Trinajstić information content (AvgIpc) is 3.30. The third-order valence-corrected chi connectivity index (χ3v) is 6.46. The van der Waals surface area contributed by atoms with Crippen molar-refractivity contribution >= 4 is 16.9 Å². The summed E-state index contributed by atoms with van der Waals surface area (Å²) in [7, 11) is 1.73. The predicted molar refractivity (Wildman–Crippen MR) is 125 cm³/mol. The first-order valence-corrected chi connectivity index (χ1v) is 11.4. The van der Waals surface area contributed by atoms with Crippen molar-refractivity contribution in [3.63, 3.8) is 0 Å². The van der Waals surface area contributed by atoms with E-state index >= 15 is 0 Å². The van der Waals surface area contributed by atoms with Gasteiger partial charge in [0.25, 0.3) is 0 Å². The summed E-state index contributed by atoms with van der Waals surface area (Å²) >= 11 is 0. The molecule has 2 aromatic carbocycles. The highest BCUT2D eigenvalue weighted by Crippen LogP contribution is 2.35. The second-order valence-electron chi connectivity index (χ2n) is 8.52. The Hall–Kier alpha value is -2.83. The summed E-state index contributed by atoms with van der Waals surface area (Å²) in [5.41, 5.74) is 4.93. The number of nitrogens with one attached hydrogen (secondary N) is 1. The standard InChI is InChI=1S/C26H32N2O4/c1-18-16-24(31-2)22(21-11-12-27-25(18)21)17-28-13-15-32-14-5-3-4-6-23(28)19-7-9-20(10-8-19)26(29)30/h7-12,16,23,27H,3-6,13-15,17H2,1-2H3,(H,29,30). The molecule has 0 amide bonds. The minimum absolute atomic E-state index is 0.180. The number of carboxylic acid groups (broad SMARTS) is 1. The lowest BCUT2D eigenvalue weighted by Gasteiger charge is -2.34. The maximum absolute atomic E-state index is 11.3. The monoisotopic (exact) mass is 436 g/mol. The number of hydrogen-bond acceptors (Lipinski definition) is 4. The van der Waals surface area contributed by atoms with Crippen LogP contribution in [0.2, 0.25) is 0 Å². The number of H-pyrrole nitrogens is 1. The van der Waals surface area contributed by atoms with E-state index in [1.165, 1.54) is 10.9 Å². The van der Waals surface area contributed by atoms with Crippen LogP contribution in [-0.2, 0) is 11.3 Å². The van der Waals surface area contributed by atoms with E-state index in [0.717, 1.165) is 67.8 Å². The van der Waals surface area contributed by atoms with Crippen LogP contribution in [0.4, 0.5) is 0 Å². The zero-order chi connectivity index (χ0) is 22.5. The van der Waals surface area contributed by atoms with Crippen molar-refractivity contribution in [1.82, 2.24) is 9.88 Å². The molecule has 2 heterocycles. The number of carboxylic acids is 1. The van der Waals surface area contributed by atoms with E-state index in [2.05, 4.69) is 28.9 Å². The van der Waals surface area contributed by atoms with Crippen molar-refractivity contribution in [2.45, 2.75) is 45.2 Å². The molecule has 6 heteroatoms. The van der Waals surface area contributed by atoms with Crippen LogP contribution in [0.1, 0.15) is 58.8 Å². The molecule has 3 aromatic rings. The van der Waals surface area contributed by atoms with Crippen LogP contribution in [0.15, 0.2) is 42.6 Å². The van der Waals surface area contributed by atoms with Gasteiger partial charge >= 0.3 is 5.97 Å². The van der Waals surface area contributed by atoms with Crippen LogP contribution in [0.25, 0.3) is 10.9 Å². The molecule has 0 saturated carbocycles. The van der Waals surface area contributed by atoms with Crippen molar-refractivity contribution in [2.75, 3.05) is 26.9 Å². The van der Waals surface area contributed by atoms with Gasteiger partial charge in [-0.1, -0.05) is 25.0 Å². The number of ether oxygens (including phenoxy) is 2. The van der Waals surface area contributed by atoms with Crippen LogP contribution in [0, 0.1) is 6.92 Å². The molecule has 6 nitrogen and oxygen atoms in total. The zero-order valence-corrected chi connectivity index (χ0v) is 18.9.